The Bertz CT molecular complexity index is 563. The quantitative estimate of drug-likeness (QED) is 0.315. The van der Waals surface area contributed by atoms with E-state index >= 15 is 0 Å². The molecule has 0 amide bonds. The SMILES string of the molecule is CCC(=O)CC(=O)OCCCOc1ccc(CCOC2CCCCO2)cc1. The van der Waals surface area contributed by atoms with Gasteiger partial charge in [-0.25, -0.2) is 0 Å². The Labute approximate surface area is 161 Å². The van der Waals surface area contributed by atoms with Gasteiger partial charge in [0.1, 0.15) is 18.0 Å². The van der Waals surface area contributed by atoms with Gasteiger partial charge in [-0.2, -0.15) is 0 Å². The third kappa shape index (κ3) is 9.02. The summed E-state index contributed by atoms with van der Waals surface area (Å²) in [4.78, 5) is 22.5. The minimum atomic E-state index is -0.466. The number of ketones is 1. The fourth-order valence-corrected chi connectivity index (χ4v) is 2.68. The summed E-state index contributed by atoms with van der Waals surface area (Å²) in [5.41, 5.74) is 1.19. The van der Waals surface area contributed by atoms with E-state index in [1.807, 2.05) is 24.3 Å². The number of Topliss-reactive ketones (excluding diaryl/α,β-unsaturated/α-hetero) is 1. The molecule has 1 aromatic rings. The highest BCUT2D eigenvalue weighted by Gasteiger charge is 2.13. The van der Waals surface area contributed by atoms with E-state index in [0.717, 1.165) is 31.6 Å². The zero-order valence-electron chi connectivity index (χ0n) is 16.1. The highest BCUT2D eigenvalue weighted by Crippen LogP contribution is 2.16. The van der Waals surface area contributed by atoms with E-state index in [1.54, 1.807) is 6.92 Å². The second kappa shape index (κ2) is 12.5. The lowest BCUT2D eigenvalue weighted by molar-refractivity contribution is -0.161. The van der Waals surface area contributed by atoms with Crippen molar-refractivity contribution in [2.24, 2.45) is 0 Å². The Hall–Kier alpha value is -1.92. The second-order valence-electron chi connectivity index (χ2n) is 6.55. The minimum absolute atomic E-state index is 0.0458. The molecular formula is C21H30O6. The molecule has 2 rings (SSSR count). The standard InChI is InChI=1S/C21H30O6/c1-2-18(22)16-20(23)25-14-5-13-24-19-9-7-17(8-10-19)11-15-27-21-6-3-4-12-26-21/h7-10,21H,2-6,11-16H2,1H3. The van der Waals surface area contributed by atoms with Crippen LogP contribution in [0.4, 0.5) is 0 Å². The highest BCUT2D eigenvalue weighted by molar-refractivity contribution is 5.95. The van der Waals surface area contributed by atoms with E-state index in [0.29, 0.717) is 26.1 Å². The number of benzene rings is 1. The summed E-state index contributed by atoms with van der Waals surface area (Å²) in [6.07, 6.45) is 4.88. The molecule has 0 spiro atoms. The first-order chi connectivity index (χ1) is 13.2. The van der Waals surface area contributed by atoms with Crippen LogP contribution in [0.25, 0.3) is 0 Å². The second-order valence-corrected chi connectivity index (χ2v) is 6.55. The predicted octanol–water partition coefficient (Wildman–Crippen LogP) is 3.45. The van der Waals surface area contributed by atoms with E-state index in [2.05, 4.69) is 0 Å². The molecule has 1 atom stereocenters. The van der Waals surface area contributed by atoms with Gasteiger partial charge in [-0.3, -0.25) is 9.59 Å². The maximum atomic E-state index is 11.4. The first-order valence-electron chi connectivity index (χ1n) is 9.79. The summed E-state index contributed by atoms with van der Waals surface area (Å²) in [6, 6.07) is 7.91. The lowest BCUT2D eigenvalue weighted by Crippen LogP contribution is -2.23. The van der Waals surface area contributed by atoms with Crippen molar-refractivity contribution < 1.29 is 28.5 Å². The lowest BCUT2D eigenvalue weighted by atomic mass is 10.1. The van der Waals surface area contributed by atoms with Gasteiger partial charge in [-0.15, -0.1) is 0 Å². The summed E-state index contributed by atoms with van der Waals surface area (Å²) in [5, 5.41) is 0. The molecule has 1 heterocycles. The van der Waals surface area contributed by atoms with Crippen molar-refractivity contribution in [3.63, 3.8) is 0 Å². The van der Waals surface area contributed by atoms with E-state index in [1.165, 1.54) is 12.0 Å². The Morgan fingerprint density at radius 1 is 1.11 bits per heavy atom. The van der Waals surface area contributed by atoms with Crippen molar-refractivity contribution in [3.05, 3.63) is 29.8 Å². The largest absolute Gasteiger partial charge is 0.493 e. The molecule has 6 nitrogen and oxygen atoms in total. The number of rotatable bonds is 12. The number of esters is 1. The third-order valence-corrected chi connectivity index (χ3v) is 4.31. The smallest absolute Gasteiger partial charge is 0.313 e. The van der Waals surface area contributed by atoms with Crippen molar-refractivity contribution in [2.45, 2.75) is 58.2 Å². The van der Waals surface area contributed by atoms with Crippen LogP contribution in [0.5, 0.6) is 5.75 Å². The van der Waals surface area contributed by atoms with Crippen molar-refractivity contribution in [1.82, 2.24) is 0 Å². The van der Waals surface area contributed by atoms with Crippen LogP contribution in [0.1, 0.15) is 51.0 Å². The molecule has 0 bridgehead atoms. The van der Waals surface area contributed by atoms with Crippen LogP contribution in [-0.4, -0.2) is 44.5 Å². The van der Waals surface area contributed by atoms with Crippen molar-refractivity contribution >= 4 is 11.8 Å². The maximum absolute atomic E-state index is 11.4. The number of ether oxygens (including phenoxy) is 4. The summed E-state index contributed by atoms with van der Waals surface area (Å²) in [5.74, 6) is 0.211. The Balaban J connectivity index is 1.54. The predicted molar refractivity (Wildman–Crippen MR) is 101 cm³/mol. The van der Waals surface area contributed by atoms with Crippen molar-refractivity contribution in [1.29, 1.82) is 0 Å². The van der Waals surface area contributed by atoms with Gasteiger partial charge >= 0.3 is 5.97 Å². The van der Waals surface area contributed by atoms with Gasteiger partial charge in [-0.05, 0) is 43.4 Å². The van der Waals surface area contributed by atoms with E-state index < -0.39 is 5.97 Å². The van der Waals surface area contributed by atoms with Gasteiger partial charge in [0, 0.05) is 19.4 Å². The zero-order valence-corrected chi connectivity index (χ0v) is 16.1. The van der Waals surface area contributed by atoms with Crippen LogP contribution in [-0.2, 0) is 30.2 Å². The minimum Gasteiger partial charge on any atom is -0.493 e. The highest BCUT2D eigenvalue weighted by atomic mass is 16.7. The molecule has 150 valence electrons. The van der Waals surface area contributed by atoms with Gasteiger partial charge in [-0.1, -0.05) is 19.1 Å². The van der Waals surface area contributed by atoms with Gasteiger partial charge in [0.05, 0.1) is 19.8 Å². The molecule has 1 aliphatic heterocycles. The van der Waals surface area contributed by atoms with Crippen LogP contribution in [0, 0.1) is 0 Å². The normalized spacial score (nSPS) is 16.7. The van der Waals surface area contributed by atoms with Gasteiger partial charge in [0.15, 0.2) is 6.29 Å². The molecule has 0 saturated carbocycles. The summed E-state index contributed by atoms with van der Waals surface area (Å²) in [6.45, 7) is 3.89. The monoisotopic (exact) mass is 378 g/mol. The van der Waals surface area contributed by atoms with Crippen LogP contribution in [0.15, 0.2) is 24.3 Å². The van der Waals surface area contributed by atoms with Crippen LogP contribution in [0.3, 0.4) is 0 Å². The fourth-order valence-electron chi connectivity index (χ4n) is 2.68. The van der Waals surface area contributed by atoms with E-state index in [9.17, 15) is 9.59 Å². The van der Waals surface area contributed by atoms with Crippen molar-refractivity contribution in [3.8, 4) is 5.75 Å². The summed E-state index contributed by atoms with van der Waals surface area (Å²) in [7, 11) is 0. The Morgan fingerprint density at radius 2 is 1.93 bits per heavy atom. The van der Waals surface area contributed by atoms with Crippen LogP contribution < -0.4 is 4.74 Å². The molecule has 1 aliphatic rings. The van der Waals surface area contributed by atoms with Gasteiger partial charge in [0.25, 0.3) is 0 Å². The number of hydrogen-bond acceptors (Lipinski definition) is 6. The molecule has 1 aromatic carbocycles. The molecule has 6 heteroatoms. The molecule has 0 aliphatic carbocycles. The Morgan fingerprint density at radius 3 is 2.63 bits per heavy atom. The summed E-state index contributed by atoms with van der Waals surface area (Å²) < 4.78 is 21.9. The lowest BCUT2D eigenvalue weighted by Gasteiger charge is -2.22. The molecule has 1 unspecified atom stereocenters. The van der Waals surface area contributed by atoms with Crippen molar-refractivity contribution in [2.75, 3.05) is 26.4 Å². The topological polar surface area (TPSA) is 71.1 Å². The number of carbonyl (C=O) groups is 2. The molecule has 27 heavy (non-hydrogen) atoms. The fraction of sp³-hybridized carbons (Fsp3) is 0.619. The average molecular weight is 378 g/mol. The number of carbonyl (C=O) groups excluding carboxylic acids is 2. The average Bonchev–Trinajstić information content (AvgIpc) is 2.69. The maximum Gasteiger partial charge on any atom is 0.313 e. The van der Waals surface area contributed by atoms with E-state index in [-0.39, 0.29) is 25.1 Å². The van der Waals surface area contributed by atoms with E-state index in [4.69, 9.17) is 18.9 Å². The molecule has 1 fully saturated rings. The van der Waals surface area contributed by atoms with Gasteiger partial charge in [0.2, 0.25) is 0 Å². The Kier molecular flexibility index (Phi) is 9.87. The molecule has 0 N–H and O–H groups in total. The molecule has 0 aromatic heterocycles. The van der Waals surface area contributed by atoms with Crippen LogP contribution >= 0.6 is 0 Å². The third-order valence-electron chi connectivity index (χ3n) is 4.31. The first-order valence-corrected chi connectivity index (χ1v) is 9.79. The van der Waals surface area contributed by atoms with Gasteiger partial charge < -0.3 is 18.9 Å². The first kappa shape index (κ1) is 21.4. The molecule has 0 radical (unpaired) electrons. The number of hydrogen-bond donors (Lipinski definition) is 0. The molecule has 1 saturated heterocycles. The van der Waals surface area contributed by atoms with Crippen LogP contribution in [0.2, 0.25) is 0 Å². The zero-order chi connectivity index (χ0) is 19.3. The summed E-state index contributed by atoms with van der Waals surface area (Å²) >= 11 is 0. The molecular weight excluding hydrogens is 348 g/mol.